The molecule has 0 unspecified atom stereocenters. The van der Waals surface area contributed by atoms with Crippen LogP contribution in [-0.2, 0) is 13.0 Å². The second-order valence-electron chi connectivity index (χ2n) is 7.82. The average molecular weight is 476 g/mol. The van der Waals surface area contributed by atoms with Gasteiger partial charge < -0.3 is 5.11 Å². The van der Waals surface area contributed by atoms with E-state index in [0.717, 1.165) is 29.3 Å². The Balaban J connectivity index is 1.58. The molecule has 1 aromatic heterocycles. The Morgan fingerprint density at radius 3 is 2.53 bits per heavy atom. The maximum Gasteiger partial charge on any atom is 0.335 e. The van der Waals surface area contributed by atoms with Crippen LogP contribution >= 0.6 is 11.6 Å². The van der Waals surface area contributed by atoms with Gasteiger partial charge in [0.2, 0.25) is 0 Å². The van der Waals surface area contributed by atoms with Crippen molar-refractivity contribution >= 4 is 23.3 Å². The number of benzene rings is 3. The fourth-order valence-electron chi connectivity index (χ4n) is 3.90. The smallest absolute Gasteiger partial charge is 0.335 e. The first kappa shape index (κ1) is 21.9. The molecular weight excluding hydrogens is 460 g/mol. The van der Waals surface area contributed by atoms with Gasteiger partial charge in [0.25, 0.3) is 0 Å². The molecule has 0 saturated carbocycles. The van der Waals surface area contributed by atoms with Gasteiger partial charge in [0.15, 0.2) is 0 Å². The van der Waals surface area contributed by atoms with Crippen LogP contribution in [0, 0.1) is 11.6 Å². The molecule has 168 valence electrons. The number of fused-ring (bicyclic) bond motifs is 3. The molecule has 4 aromatic rings. The summed E-state index contributed by atoms with van der Waals surface area (Å²) in [7, 11) is 0. The fourth-order valence-corrected chi connectivity index (χ4v) is 4.07. The van der Waals surface area contributed by atoms with E-state index in [1.165, 1.54) is 12.1 Å². The molecule has 5 rings (SSSR count). The number of hydrogen-bond donors (Lipinski definition) is 1. The number of aromatic nitrogens is 2. The average Bonchev–Trinajstić information content (AvgIpc) is 2.97. The van der Waals surface area contributed by atoms with E-state index in [9.17, 15) is 13.6 Å². The van der Waals surface area contributed by atoms with Gasteiger partial charge in [-0.15, -0.1) is 0 Å². The SMILES string of the molecule is O=C(O)c1ccc(Cc2ncc3c(n2)-c2ccc(Cl)cc2C(c2cc(F)ccc2F)=NC3)cc1. The molecule has 1 N–H and O–H groups in total. The number of carboxylic acid groups (broad SMARTS) is 1. The van der Waals surface area contributed by atoms with Crippen molar-refractivity contribution in [1.29, 1.82) is 0 Å². The molecule has 2 heterocycles. The summed E-state index contributed by atoms with van der Waals surface area (Å²) in [5, 5.41) is 9.51. The van der Waals surface area contributed by atoms with Gasteiger partial charge in [-0.2, -0.15) is 0 Å². The van der Waals surface area contributed by atoms with Crippen molar-refractivity contribution < 1.29 is 18.7 Å². The van der Waals surface area contributed by atoms with Crippen molar-refractivity contribution in [3.05, 3.63) is 117 Å². The van der Waals surface area contributed by atoms with Crippen molar-refractivity contribution in [2.24, 2.45) is 4.99 Å². The number of nitrogens with zero attached hydrogens (tertiary/aromatic N) is 3. The van der Waals surface area contributed by atoms with E-state index in [-0.39, 0.29) is 17.7 Å². The standard InChI is InChI=1S/C26H16ClF2N3O2/c27-17-5-7-19-20(10-17)25(21-11-18(28)6-8-22(21)29)31-13-16-12-30-23(32-24(16)19)9-14-1-3-15(4-2-14)26(33)34/h1-8,10-12H,9,13H2,(H,33,34). The van der Waals surface area contributed by atoms with E-state index in [1.807, 2.05) is 0 Å². The zero-order chi connectivity index (χ0) is 23.8. The molecule has 0 saturated heterocycles. The Morgan fingerprint density at radius 2 is 1.76 bits per heavy atom. The number of aliphatic imine (C=N–C) groups is 1. The maximum atomic E-state index is 14.6. The lowest BCUT2D eigenvalue weighted by molar-refractivity contribution is 0.0697. The van der Waals surface area contributed by atoms with Crippen molar-refractivity contribution in [3.63, 3.8) is 0 Å². The number of aromatic carboxylic acids is 1. The monoisotopic (exact) mass is 475 g/mol. The van der Waals surface area contributed by atoms with Crippen molar-refractivity contribution in [1.82, 2.24) is 9.97 Å². The highest BCUT2D eigenvalue weighted by molar-refractivity contribution is 6.31. The fraction of sp³-hybridized carbons (Fsp3) is 0.0769. The van der Waals surface area contributed by atoms with Crippen LogP contribution in [-0.4, -0.2) is 26.8 Å². The van der Waals surface area contributed by atoms with E-state index < -0.39 is 17.6 Å². The summed E-state index contributed by atoms with van der Waals surface area (Å²) in [6.07, 6.45) is 2.07. The summed E-state index contributed by atoms with van der Waals surface area (Å²) < 4.78 is 28.6. The van der Waals surface area contributed by atoms with Gasteiger partial charge in [-0.1, -0.05) is 29.8 Å². The summed E-state index contributed by atoms with van der Waals surface area (Å²) in [6.45, 7) is 0.181. The number of rotatable bonds is 4. The Hall–Kier alpha value is -3.97. The molecule has 3 aromatic carbocycles. The van der Waals surface area contributed by atoms with Crippen LogP contribution in [0.2, 0.25) is 5.02 Å². The van der Waals surface area contributed by atoms with Crippen LogP contribution < -0.4 is 0 Å². The predicted molar refractivity (Wildman–Crippen MR) is 124 cm³/mol. The third kappa shape index (κ3) is 4.18. The van der Waals surface area contributed by atoms with Gasteiger partial charge in [-0.25, -0.2) is 23.5 Å². The Bertz CT molecular complexity index is 1470. The third-order valence-corrected chi connectivity index (χ3v) is 5.80. The molecule has 0 aliphatic carbocycles. The summed E-state index contributed by atoms with van der Waals surface area (Å²) in [5.74, 6) is -1.62. The van der Waals surface area contributed by atoms with E-state index in [0.29, 0.717) is 39.8 Å². The molecule has 1 aliphatic rings. The van der Waals surface area contributed by atoms with Crippen molar-refractivity contribution in [2.75, 3.05) is 0 Å². The topological polar surface area (TPSA) is 75.4 Å². The summed E-state index contributed by atoms with van der Waals surface area (Å²) in [6, 6.07) is 14.9. The summed E-state index contributed by atoms with van der Waals surface area (Å²) in [4.78, 5) is 24.9. The minimum absolute atomic E-state index is 0.0445. The zero-order valence-electron chi connectivity index (χ0n) is 17.6. The van der Waals surface area contributed by atoms with E-state index >= 15 is 0 Å². The highest BCUT2D eigenvalue weighted by atomic mass is 35.5. The molecule has 0 spiro atoms. The first-order valence-electron chi connectivity index (χ1n) is 10.4. The number of carbonyl (C=O) groups is 1. The van der Waals surface area contributed by atoms with Gasteiger partial charge in [-0.3, -0.25) is 4.99 Å². The Labute approximate surface area is 198 Å². The maximum absolute atomic E-state index is 14.6. The molecule has 5 nitrogen and oxygen atoms in total. The highest BCUT2D eigenvalue weighted by Gasteiger charge is 2.23. The van der Waals surface area contributed by atoms with Crippen LogP contribution in [0.5, 0.6) is 0 Å². The van der Waals surface area contributed by atoms with Crippen molar-refractivity contribution in [3.8, 4) is 11.3 Å². The molecule has 8 heteroatoms. The Morgan fingerprint density at radius 1 is 0.971 bits per heavy atom. The molecule has 0 amide bonds. The second kappa shape index (κ2) is 8.76. The molecule has 34 heavy (non-hydrogen) atoms. The van der Waals surface area contributed by atoms with Crippen LogP contribution in [0.25, 0.3) is 11.3 Å². The molecular formula is C26H16ClF2N3O2. The van der Waals surface area contributed by atoms with Gasteiger partial charge in [0, 0.05) is 39.9 Å². The van der Waals surface area contributed by atoms with Crippen LogP contribution in [0.3, 0.4) is 0 Å². The Kier molecular flexibility index (Phi) is 5.63. The van der Waals surface area contributed by atoms with Crippen molar-refractivity contribution in [2.45, 2.75) is 13.0 Å². The van der Waals surface area contributed by atoms with Crippen LogP contribution in [0.1, 0.15) is 38.4 Å². The molecule has 1 aliphatic heterocycles. The first-order valence-corrected chi connectivity index (χ1v) is 10.7. The zero-order valence-corrected chi connectivity index (χ0v) is 18.4. The molecule has 0 radical (unpaired) electrons. The van der Waals surface area contributed by atoms with Gasteiger partial charge >= 0.3 is 5.97 Å². The van der Waals surface area contributed by atoms with E-state index in [2.05, 4.69) is 9.98 Å². The quantitative estimate of drug-likeness (QED) is 0.410. The summed E-state index contributed by atoms with van der Waals surface area (Å²) in [5.41, 5.74) is 3.99. The normalized spacial score (nSPS) is 12.4. The minimum Gasteiger partial charge on any atom is -0.478 e. The lowest BCUT2D eigenvalue weighted by atomic mass is 9.95. The predicted octanol–water partition coefficient (Wildman–Crippen LogP) is 5.72. The third-order valence-electron chi connectivity index (χ3n) is 5.56. The number of hydrogen-bond acceptors (Lipinski definition) is 4. The van der Waals surface area contributed by atoms with Crippen LogP contribution in [0.15, 0.2) is 71.9 Å². The van der Waals surface area contributed by atoms with E-state index in [4.69, 9.17) is 21.7 Å². The lowest BCUT2D eigenvalue weighted by Crippen LogP contribution is -2.08. The number of halogens is 3. The molecule has 0 atom stereocenters. The van der Waals surface area contributed by atoms with Gasteiger partial charge in [-0.05, 0) is 48.0 Å². The highest BCUT2D eigenvalue weighted by Crippen LogP contribution is 2.33. The first-order chi connectivity index (χ1) is 16.4. The minimum atomic E-state index is -0.992. The van der Waals surface area contributed by atoms with Gasteiger partial charge in [0.1, 0.15) is 17.5 Å². The second-order valence-corrected chi connectivity index (χ2v) is 8.25. The lowest BCUT2D eigenvalue weighted by Gasteiger charge is -2.13. The van der Waals surface area contributed by atoms with Crippen LogP contribution in [0.4, 0.5) is 8.78 Å². The summed E-state index contributed by atoms with van der Waals surface area (Å²) >= 11 is 6.26. The number of carboxylic acids is 1. The van der Waals surface area contributed by atoms with Gasteiger partial charge in [0.05, 0.1) is 23.5 Å². The van der Waals surface area contributed by atoms with E-state index in [1.54, 1.807) is 36.5 Å². The largest absolute Gasteiger partial charge is 0.478 e. The molecule has 0 bridgehead atoms. The molecule has 0 fully saturated rings.